The van der Waals surface area contributed by atoms with Crippen molar-refractivity contribution in [1.82, 2.24) is 20.0 Å². The first-order chi connectivity index (χ1) is 13.3. The van der Waals surface area contributed by atoms with Gasteiger partial charge in [-0.1, -0.05) is 5.16 Å². The molecule has 1 amide bonds. The highest BCUT2D eigenvalue weighted by Crippen LogP contribution is 2.29. The van der Waals surface area contributed by atoms with Crippen molar-refractivity contribution in [2.24, 2.45) is 0 Å². The van der Waals surface area contributed by atoms with Gasteiger partial charge in [0.05, 0.1) is 17.1 Å². The van der Waals surface area contributed by atoms with Crippen LogP contribution in [-0.2, 0) is 16.7 Å². The van der Waals surface area contributed by atoms with Gasteiger partial charge in [-0.3, -0.25) is 4.79 Å². The van der Waals surface area contributed by atoms with Gasteiger partial charge in [0.2, 0.25) is 11.8 Å². The number of halogens is 3. The van der Waals surface area contributed by atoms with Crippen molar-refractivity contribution in [3.63, 3.8) is 0 Å². The highest BCUT2D eigenvalue weighted by molar-refractivity contribution is 7.99. The summed E-state index contributed by atoms with van der Waals surface area (Å²) in [5.41, 5.74) is -0.767. The van der Waals surface area contributed by atoms with Crippen LogP contribution >= 0.6 is 11.8 Å². The Morgan fingerprint density at radius 1 is 1.25 bits per heavy atom. The molecule has 0 N–H and O–H groups in total. The van der Waals surface area contributed by atoms with E-state index in [-0.39, 0.29) is 5.91 Å². The first-order valence-electron chi connectivity index (χ1n) is 8.76. The standard InChI is InChI=1S/C17H20F3N5O2S/c1-12-22-14(23-27-12)10-28-11-16(26)25-6-2-5-24(7-8-25)15-4-3-13(9-21-15)17(18,19)20/h3-4,9H,2,5-8,10-11H2,1H3. The number of aromatic nitrogens is 3. The molecule has 152 valence electrons. The van der Waals surface area contributed by atoms with E-state index in [0.29, 0.717) is 55.2 Å². The number of carbonyl (C=O) groups is 1. The van der Waals surface area contributed by atoms with Gasteiger partial charge < -0.3 is 14.3 Å². The van der Waals surface area contributed by atoms with E-state index in [1.54, 1.807) is 11.8 Å². The summed E-state index contributed by atoms with van der Waals surface area (Å²) in [5, 5.41) is 3.79. The van der Waals surface area contributed by atoms with Crippen LogP contribution in [0, 0.1) is 6.92 Å². The third kappa shape index (κ3) is 5.37. The molecule has 28 heavy (non-hydrogen) atoms. The zero-order valence-corrected chi connectivity index (χ0v) is 16.1. The summed E-state index contributed by atoms with van der Waals surface area (Å²) in [6.45, 7) is 3.98. The SMILES string of the molecule is Cc1nc(CSCC(=O)N2CCCN(c3ccc(C(F)(F)F)cn3)CC2)no1. The lowest BCUT2D eigenvalue weighted by Gasteiger charge is -2.23. The highest BCUT2D eigenvalue weighted by Gasteiger charge is 2.31. The molecule has 0 unspecified atom stereocenters. The van der Waals surface area contributed by atoms with E-state index in [0.717, 1.165) is 18.7 Å². The summed E-state index contributed by atoms with van der Waals surface area (Å²) >= 11 is 1.42. The van der Waals surface area contributed by atoms with E-state index in [1.165, 1.54) is 17.8 Å². The lowest BCUT2D eigenvalue weighted by atomic mass is 10.2. The van der Waals surface area contributed by atoms with Gasteiger partial charge in [-0.25, -0.2) is 4.98 Å². The van der Waals surface area contributed by atoms with Crippen LogP contribution in [0.4, 0.5) is 19.0 Å². The van der Waals surface area contributed by atoms with E-state index >= 15 is 0 Å². The number of hydrogen-bond donors (Lipinski definition) is 0. The van der Waals surface area contributed by atoms with Crippen LogP contribution in [0.5, 0.6) is 0 Å². The van der Waals surface area contributed by atoms with Gasteiger partial charge in [-0.05, 0) is 18.6 Å². The molecule has 3 rings (SSSR count). The van der Waals surface area contributed by atoms with Crippen LogP contribution in [0.1, 0.15) is 23.7 Å². The molecular formula is C17H20F3N5O2S. The molecular weight excluding hydrogens is 395 g/mol. The second-order valence-corrected chi connectivity index (χ2v) is 7.33. The van der Waals surface area contributed by atoms with Gasteiger partial charge in [0.25, 0.3) is 0 Å². The van der Waals surface area contributed by atoms with Crippen LogP contribution < -0.4 is 4.90 Å². The van der Waals surface area contributed by atoms with Crippen LogP contribution in [0.3, 0.4) is 0 Å². The molecule has 2 aromatic rings. The van der Waals surface area contributed by atoms with Crippen molar-refractivity contribution in [2.75, 3.05) is 36.8 Å². The molecule has 0 bridgehead atoms. The Balaban J connectivity index is 1.49. The zero-order valence-electron chi connectivity index (χ0n) is 15.3. The summed E-state index contributed by atoms with van der Waals surface area (Å²) < 4.78 is 42.9. The van der Waals surface area contributed by atoms with Gasteiger partial charge in [-0.15, -0.1) is 11.8 Å². The van der Waals surface area contributed by atoms with Crippen molar-refractivity contribution in [2.45, 2.75) is 25.3 Å². The fraction of sp³-hybridized carbons (Fsp3) is 0.529. The van der Waals surface area contributed by atoms with Crippen LogP contribution in [0.25, 0.3) is 0 Å². The van der Waals surface area contributed by atoms with Crippen molar-refractivity contribution < 1.29 is 22.5 Å². The molecule has 3 heterocycles. The van der Waals surface area contributed by atoms with Crippen molar-refractivity contribution in [1.29, 1.82) is 0 Å². The predicted octanol–water partition coefficient (Wildman–Crippen LogP) is 2.76. The molecule has 11 heteroatoms. The summed E-state index contributed by atoms with van der Waals surface area (Å²) in [6.07, 6.45) is -2.83. The number of rotatable bonds is 5. The molecule has 0 aromatic carbocycles. The first kappa shape index (κ1) is 20.4. The molecule has 2 aromatic heterocycles. The van der Waals surface area contributed by atoms with Gasteiger partial charge >= 0.3 is 6.18 Å². The Labute approximate surface area is 164 Å². The van der Waals surface area contributed by atoms with Gasteiger partial charge in [0.15, 0.2) is 5.82 Å². The molecule has 0 atom stereocenters. The minimum Gasteiger partial charge on any atom is -0.355 e. The van der Waals surface area contributed by atoms with Crippen molar-refractivity contribution in [3.05, 3.63) is 35.6 Å². The number of aryl methyl sites for hydroxylation is 1. The van der Waals surface area contributed by atoms with Crippen molar-refractivity contribution in [3.8, 4) is 0 Å². The molecule has 0 radical (unpaired) electrons. The van der Waals surface area contributed by atoms with Crippen LogP contribution in [0.2, 0.25) is 0 Å². The molecule has 1 saturated heterocycles. The second kappa shape index (κ2) is 8.80. The lowest BCUT2D eigenvalue weighted by molar-refractivity contribution is -0.137. The maximum atomic E-state index is 12.7. The van der Waals surface area contributed by atoms with E-state index in [2.05, 4.69) is 15.1 Å². The maximum absolute atomic E-state index is 12.7. The summed E-state index contributed by atoms with van der Waals surface area (Å²) in [7, 11) is 0. The van der Waals surface area contributed by atoms with E-state index in [4.69, 9.17) is 4.52 Å². The number of nitrogens with zero attached hydrogens (tertiary/aromatic N) is 5. The molecule has 1 fully saturated rings. The van der Waals surface area contributed by atoms with Crippen molar-refractivity contribution >= 4 is 23.5 Å². The number of thioether (sulfide) groups is 1. The van der Waals surface area contributed by atoms with Gasteiger partial charge in [0, 0.05) is 39.3 Å². The Morgan fingerprint density at radius 3 is 2.71 bits per heavy atom. The normalized spacial score (nSPS) is 15.6. The number of carbonyl (C=O) groups excluding carboxylic acids is 1. The number of alkyl halides is 3. The molecule has 0 aliphatic carbocycles. The Morgan fingerprint density at radius 2 is 2.07 bits per heavy atom. The van der Waals surface area contributed by atoms with E-state index < -0.39 is 11.7 Å². The highest BCUT2D eigenvalue weighted by atomic mass is 32.2. The monoisotopic (exact) mass is 415 g/mol. The van der Waals surface area contributed by atoms with Crippen LogP contribution in [-0.4, -0.2) is 57.9 Å². The van der Waals surface area contributed by atoms with Gasteiger partial charge in [0.1, 0.15) is 5.82 Å². The van der Waals surface area contributed by atoms with Gasteiger partial charge in [-0.2, -0.15) is 18.2 Å². The number of amides is 1. The molecule has 0 spiro atoms. The first-order valence-corrected chi connectivity index (χ1v) is 9.91. The molecule has 0 saturated carbocycles. The quantitative estimate of drug-likeness (QED) is 0.743. The molecule has 1 aliphatic heterocycles. The Kier molecular flexibility index (Phi) is 6.42. The minimum atomic E-state index is -4.40. The largest absolute Gasteiger partial charge is 0.417 e. The minimum absolute atomic E-state index is 0.0208. The predicted molar refractivity (Wildman–Crippen MR) is 97.8 cm³/mol. The maximum Gasteiger partial charge on any atom is 0.417 e. The Bertz CT molecular complexity index is 797. The fourth-order valence-corrected chi connectivity index (χ4v) is 3.62. The fourth-order valence-electron chi connectivity index (χ4n) is 2.86. The molecule has 7 nitrogen and oxygen atoms in total. The van der Waals surface area contributed by atoms with Crippen LogP contribution in [0.15, 0.2) is 22.9 Å². The number of anilines is 1. The van der Waals surface area contributed by atoms with E-state index in [1.807, 2.05) is 4.90 Å². The summed E-state index contributed by atoms with van der Waals surface area (Å²) in [4.78, 5) is 24.1. The smallest absolute Gasteiger partial charge is 0.355 e. The third-order valence-corrected chi connectivity index (χ3v) is 5.19. The number of hydrogen-bond acceptors (Lipinski definition) is 7. The van der Waals surface area contributed by atoms with E-state index in [9.17, 15) is 18.0 Å². The Hall–Kier alpha value is -2.30. The average Bonchev–Trinajstić information content (AvgIpc) is 2.92. The summed E-state index contributed by atoms with van der Waals surface area (Å²) in [5.74, 6) is 2.37. The molecule has 1 aliphatic rings. The number of pyridine rings is 1. The lowest BCUT2D eigenvalue weighted by Crippen LogP contribution is -2.36. The third-order valence-electron chi connectivity index (χ3n) is 4.27. The second-order valence-electron chi connectivity index (χ2n) is 6.35. The zero-order chi connectivity index (χ0) is 20.1. The summed E-state index contributed by atoms with van der Waals surface area (Å²) in [6, 6.07) is 2.41. The average molecular weight is 415 g/mol. The topological polar surface area (TPSA) is 75.4 Å².